The van der Waals surface area contributed by atoms with Gasteiger partial charge in [-0.15, -0.1) is 0 Å². The maximum absolute atomic E-state index is 11.5. The molecule has 0 saturated carbocycles. The summed E-state index contributed by atoms with van der Waals surface area (Å²) < 4.78 is 0.549. The van der Waals surface area contributed by atoms with E-state index >= 15 is 0 Å². The van der Waals surface area contributed by atoms with Gasteiger partial charge in [0.05, 0.1) is 4.92 Å². The molecule has 1 aromatic rings. The number of rotatable bonds is 5. The molecule has 98 valence electrons. The van der Waals surface area contributed by atoms with Crippen molar-refractivity contribution in [3.8, 4) is 0 Å². The van der Waals surface area contributed by atoms with E-state index in [1.54, 1.807) is 13.0 Å². The number of benzene rings is 1. The molecular weight excluding hydrogens is 302 g/mol. The second kappa shape index (κ2) is 6.34. The average molecular weight is 316 g/mol. The Bertz CT molecular complexity index is 465. The van der Waals surface area contributed by atoms with E-state index in [1.807, 2.05) is 6.92 Å². The van der Waals surface area contributed by atoms with Crippen LogP contribution in [-0.4, -0.2) is 23.4 Å². The predicted octanol–water partition coefficient (Wildman–Crippen LogP) is 2.29. The van der Waals surface area contributed by atoms with Crippen LogP contribution >= 0.6 is 15.9 Å². The fourth-order valence-electron chi connectivity index (χ4n) is 1.36. The second-order valence-electron chi connectivity index (χ2n) is 3.68. The van der Waals surface area contributed by atoms with Gasteiger partial charge >= 0.3 is 0 Å². The van der Waals surface area contributed by atoms with Gasteiger partial charge in [-0.05, 0) is 35.8 Å². The van der Waals surface area contributed by atoms with Crippen molar-refractivity contribution in [1.29, 1.82) is 0 Å². The van der Waals surface area contributed by atoms with Gasteiger partial charge in [0.2, 0.25) is 5.91 Å². The van der Waals surface area contributed by atoms with Crippen molar-refractivity contribution in [2.45, 2.75) is 19.9 Å². The first-order chi connectivity index (χ1) is 8.45. The van der Waals surface area contributed by atoms with Crippen molar-refractivity contribution in [1.82, 2.24) is 5.32 Å². The van der Waals surface area contributed by atoms with Crippen molar-refractivity contribution >= 4 is 33.2 Å². The minimum Gasteiger partial charge on any atom is -0.373 e. The summed E-state index contributed by atoms with van der Waals surface area (Å²) in [6.07, 6.45) is 0. The molecule has 1 amide bonds. The van der Waals surface area contributed by atoms with E-state index in [0.29, 0.717) is 16.7 Å². The number of anilines is 1. The Balaban J connectivity index is 2.79. The Kier molecular flexibility index (Phi) is 5.08. The largest absolute Gasteiger partial charge is 0.373 e. The number of nitrogens with one attached hydrogen (secondary N) is 2. The molecule has 0 aliphatic rings. The molecule has 0 saturated heterocycles. The highest BCUT2D eigenvalue weighted by atomic mass is 79.9. The number of non-ortho nitro benzene ring substituents is 1. The molecule has 0 aromatic heterocycles. The first-order valence-electron chi connectivity index (χ1n) is 5.44. The molecule has 0 fully saturated rings. The standard InChI is InChI=1S/C11H14BrN3O3/c1-3-13-11(16)7(2)14-10-5-4-8(15(17)18)6-9(10)12/h4-7,14H,3H2,1-2H3,(H,13,16). The van der Waals surface area contributed by atoms with Gasteiger partial charge < -0.3 is 10.6 Å². The summed E-state index contributed by atoms with van der Waals surface area (Å²) in [5, 5.41) is 16.2. The van der Waals surface area contributed by atoms with Crippen molar-refractivity contribution in [2.24, 2.45) is 0 Å². The number of nitro groups is 1. The Morgan fingerprint density at radius 3 is 2.72 bits per heavy atom. The van der Waals surface area contributed by atoms with Crippen molar-refractivity contribution in [3.05, 3.63) is 32.8 Å². The minimum absolute atomic E-state index is 0.00177. The molecule has 1 atom stereocenters. The Labute approximate surface area is 113 Å². The molecule has 6 nitrogen and oxygen atoms in total. The summed E-state index contributed by atoms with van der Waals surface area (Å²) >= 11 is 3.23. The predicted molar refractivity (Wildman–Crippen MR) is 72.6 cm³/mol. The summed E-state index contributed by atoms with van der Waals surface area (Å²) in [7, 11) is 0. The van der Waals surface area contributed by atoms with Crippen LogP contribution < -0.4 is 10.6 Å². The quantitative estimate of drug-likeness (QED) is 0.645. The summed E-state index contributed by atoms with van der Waals surface area (Å²) in [5.74, 6) is -0.122. The first-order valence-corrected chi connectivity index (χ1v) is 6.23. The van der Waals surface area contributed by atoms with Crippen molar-refractivity contribution in [3.63, 3.8) is 0 Å². The molecule has 0 heterocycles. The van der Waals surface area contributed by atoms with Crippen LogP contribution in [0.1, 0.15) is 13.8 Å². The van der Waals surface area contributed by atoms with Gasteiger partial charge in [-0.3, -0.25) is 14.9 Å². The van der Waals surface area contributed by atoms with Crippen LogP contribution in [0.2, 0.25) is 0 Å². The smallest absolute Gasteiger partial charge is 0.270 e. The lowest BCUT2D eigenvalue weighted by Crippen LogP contribution is -2.37. The van der Waals surface area contributed by atoms with Gasteiger partial charge in [0.1, 0.15) is 6.04 Å². The zero-order valence-electron chi connectivity index (χ0n) is 10.1. The maximum atomic E-state index is 11.5. The zero-order chi connectivity index (χ0) is 13.7. The van der Waals surface area contributed by atoms with E-state index in [-0.39, 0.29) is 11.6 Å². The molecule has 0 aliphatic heterocycles. The molecule has 1 rings (SSSR count). The summed E-state index contributed by atoms with van der Waals surface area (Å²) in [6.45, 7) is 4.12. The third kappa shape index (κ3) is 3.69. The van der Waals surface area contributed by atoms with Crippen LogP contribution in [0.5, 0.6) is 0 Å². The number of hydrogen-bond acceptors (Lipinski definition) is 4. The van der Waals surface area contributed by atoms with Crippen LogP contribution in [0.4, 0.5) is 11.4 Å². The van der Waals surface area contributed by atoms with Gasteiger partial charge in [0.15, 0.2) is 0 Å². The number of carbonyl (C=O) groups excluding carboxylic acids is 1. The highest BCUT2D eigenvalue weighted by Gasteiger charge is 2.14. The Hall–Kier alpha value is -1.63. The van der Waals surface area contributed by atoms with Crippen LogP contribution in [0, 0.1) is 10.1 Å². The monoisotopic (exact) mass is 315 g/mol. The summed E-state index contributed by atoms with van der Waals surface area (Å²) in [4.78, 5) is 21.6. The maximum Gasteiger partial charge on any atom is 0.270 e. The number of carbonyl (C=O) groups is 1. The van der Waals surface area contributed by atoms with E-state index in [4.69, 9.17) is 0 Å². The third-order valence-electron chi connectivity index (χ3n) is 2.28. The lowest BCUT2D eigenvalue weighted by molar-refractivity contribution is -0.384. The molecule has 0 spiro atoms. The molecule has 0 bridgehead atoms. The van der Waals surface area contributed by atoms with Crippen LogP contribution in [-0.2, 0) is 4.79 Å². The molecule has 2 N–H and O–H groups in total. The Morgan fingerprint density at radius 2 is 2.22 bits per heavy atom. The molecular formula is C11H14BrN3O3. The fourth-order valence-corrected chi connectivity index (χ4v) is 1.84. The lowest BCUT2D eigenvalue weighted by Gasteiger charge is -2.15. The van der Waals surface area contributed by atoms with Gasteiger partial charge in [-0.1, -0.05) is 0 Å². The van der Waals surface area contributed by atoms with Crippen LogP contribution in [0.3, 0.4) is 0 Å². The number of halogens is 1. The van der Waals surface area contributed by atoms with Gasteiger partial charge in [0, 0.05) is 28.8 Å². The normalized spacial score (nSPS) is 11.7. The zero-order valence-corrected chi connectivity index (χ0v) is 11.7. The minimum atomic E-state index is -0.470. The summed E-state index contributed by atoms with van der Waals surface area (Å²) in [6, 6.07) is 3.94. The molecule has 1 aromatic carbocycles. The van der Waals surface area contributed by atoms with Gasteiger partial charge in [-0.2, -0.15) is 0 Å². The molecule has 0 radical (unpaired) electrons. The summed E-state index contributed by atoms with van der Waals surface area (Å²) in [5.41, 5.74) is 0.637. The average Bonchev–Trinajstić information content (AvgIpc) is 2.31. The highest BCUT2D eigenvalue weighted by molar-refractivity contribution is 9.10. The first kappa shape index (κ1) is 14.4. The van der Waals surface area contributed by atoms with E-state index in [0.717, 1.165) is 0 Å². The number of amides is 1. The van der Waals surface area contributed by atoms with E-state index in [9.17, 15) is 14.9 Å². The van der Waals surface area contributed by atoms with Crippen molar-refractivity contribution < 1.29 is 9.72 Å². The molecule has 0 aliphatic carbocycles. The van der Waals surface area contributed by atoms with Crippen LogP contribution in [0.25, 0.3) is 0 Å². The van der Waals surface area contributed by atoms with Gasteiger partial charge in [0.25, 0.3) is 5.69 Å². The number of hydrogen-bond donors (Lipinski definition) is 2. The van der Waals surface area contributed by atoms with Crippen molar-refractivity contribution in [2.75, 3.05) is 11.9 Å². The Morgan fingerprint density at radius 1 is 1.56 bits per heavy atom. The second-order valence-corrected chi connectivity index (χ2v) is 4.54. The topological polar surface area (TPSA) is 84.3 Å². The number of likely N-dealkylation sites (N-methyl/N-ethyl adjacent to an activating group) is 1. The molecule has 7 heteroatoms. The number of nitrogens with zero attached hydrogens (tertiary/aromatic N) is 1. The lowest BCUT2D eigenvalue weighted by atomic mass is 10.2. The van der Waals surface area contributed by atoms with E-state index < -0.39 is 11.0 Å². The SMILES string of the molecule is CCNC(=O)C(C)Nc1ccc([N+](=O)[O-])cc1Br. The fraction of sp³-hybridized carbons (Fsp3) is 0.364. The molecule has 1 unspecified atom stereocenters. The van der Waals surface area contributed by atoms with E-state index in [2.05, 4.69) is 26.6 Å². The number of nitro benzene ring substituents is 1. The third-order valence-corrected chi connectivity index (χ3v) is 2.94. The molecule has 18 heavy (non-hydrogen) atoms. The highest BCUT2D eigenvalue weighted by Crippen LogP contribution is 2.27. The van der Waals surface area contributed by atoms with E-state index in [1.165, 1.54) is 12.1 Å². The van der Waals surface area contributed by atoms with Gasteiger partial charge in [-0.25, -0.2) is 0 Å². The van der Waals surface area contributed by atoms with Crippen LogP contribution in [0.15, 0.2) is 22.7 Å².